The number of guanidine groups is 1. The normalized spacial score (nSPS) is 13.0. The van der Waals surface area contributed by atoms with E-state index in [1.54, 1.807) is 31.3 Å². The summed E-state index contributed by atoms with van der Waals surface area (Å²) in [5, 5.41) is 6.27. The Morgan fingerprint density at radius 1 is 1.14 bits per heavy atom. The van der Waals surface area contributed by atoms with Crippen molar-refractivity contribution >= 4 is 16.0 Å². The maximum Gasteiger partial charge on any atom is 0.240 e. The Kier molecular flexibility index (Phi) is 6.37. The molecule has 22 heavy (non-hydrogen) atoms. The summed E-state index contributed by atoms with van der Waals surface area (Å²) in [5.41, 5.74) is 0.918. The molecule has 1 rings (SSSR count). The van der Waals surface area contributed by atoms with Crippen LogP contribution in [0.15, 0.2) is 34.2 Å². The van der Waals surface area contributed by atoms with E-state index >= 15 is 0 Å². The smallest absolute Gasteiger partial charge is 0.240 e. The molecule has 0 aliphatic carbocycles. The zero-order chi connectivity index (χ0) is 16.8. The lowest BCUT2D eigenvalue weighted by molar-refractivity contribution is 0.501. The van der Waals surface area contributed by atoms with Gasteiger partial charge >= 0.3 is 0 Å². The predicted molar refractivity (Wildman–Crippen MR) is 90.6 cm³/mol. The zero-order valence-corrected chi connectivity index (χ0v) is 14.7. The fraction of sp³-hybridized carbons (Fsp3) is 0.533. The minimum Gasteiger partial charge on any atom is -0.355 e. The molecule has 6 nitrogen and oxygen atoms in total. The van der Waals surface area contributed by atoms with E-state index in [0.717, 1.165) is 5.56 Å². The molecule has 0 fully saturated rings. The average Bonchev–Trinajstić information content (AvgIpc) is 2.41. The van der Waals surface area contributed by atoms with Crippen molar-refractivity contribution in [1.82, 2.24) is 15.4 Å². The van der Waals surface area contributed by atoms with E-state index in [-0.39, 0.29) is 17.0 Å². The van der Waals surface area contributed by atoms with Crippen molar-refractivity contribution in [1.29, 1.82) is 0 Å². The van der Waals surface area contributed by atoms with Gasteiger partial charge in [0.1, 0.15) is 0 Å². The van der Waals surface area contributed by atoms with Crippen LogP contribution in [-0.2, 0) is 10.0 Å². The number of rotatable bonds is 5. The molecule has 0 unspecified atom stereocenters. The van der Waals surface area contributed by atoms with E-state index in [4.69, 9.17) is 0 Å². The number of hydrogen-bond acceptors (Lipinski definition) is 3. The Morgan fingerprint density at radius 3 is 2.23 bits per heavy atom. The summed E-state index contributed by atoms with van der Waals surface area (Å²) in [7, 11) is -1.79. The van der Waals surface area contributed by atoms with Gasteiger partial charge in [-0.3, -0.25) is 4.99 Å². The highest BCUT2D eigenvalue weighted by atomic mass is 32.2. The summed E-state index contributed by atoms with van der Waals surface area (Å²) in [6.45, 7) is 8.73. The van der Waals surface area contributed by atoms with Crippen LogP contribution in [0.2, 0.25) is 0 Å². The summed E-state index contributed by atoms with van der Waals surface area (Å²) >= 11 is 0. The lowest BCUT2D eigenvalue weighted by atomic mass is 10.1. The lowest BCUT2D eigenvalue weighted by Gasteiger charge is -2.23. The second kappa shape index (κ2) is 7.60. The van der Waals surface area contributed by atoms with Gasteiger partial charge < -0.3 is 10.6 Å². The van der Waals surface area contributed by atoms with Crippen molar-refractivity contribution < 1.29 is 8.42 Å². The minimum atomic E-state index is -3.47. The van der Waals surface area contributed by atoms with Gasteiger partial charge in [0.25, 0.3) is 0 Å². The fourth-order valence-electron chi connectivity index (χ4n) is 1.70. The van der Waals surface area contributed by atoms with Crippen LogP contribution in [0.5, 0.6) is 0 Å². The first-order chi connectivity index (χ1) is 10.1. The van der Waals surface area contributed by atoms with Gasteiger partial charge in [-0.05, 0) is 39.8 Å². The van der Waals surface area contributed by atoms with Crippen LogP contribution in [0.3, 0.4) is 0 Å². The summed E-state index contributed by atoms with van der Waals surface area (Å²) in [5.74, 6) is 0.641. The van der Waals surface area contributed by atoms with Crippen LogP contribution < -0.4 is 15.4 Å². The highest BCUT2D eigenvalue weighted by molar-refractivity contribution is 7.89. The number of benzene rings is 1. The Morgan fingerprint density at radius 2 is 1.73 bits per heavy atom. The van der Waals surface area contributed by atoms with Crippen LogP contribution in [0.25, 0.3) is 0 Å². The topological polar surface area (TPSA) is 82.6 Å². The van der Waals surface area contributed by atoms with Gasteiger partial charge in [-0.1, -0.05) is 17.7 Å². The van der Waals surface area contributed by atoms with Crippen molar-refractivity contribution in [3.63, 3.8) is 0 Å². The highest BCUT2D eigenvalue weighted by Crippen LogP contribution is 2.09. The molecule has 0 saturated heterocycles. The molecule has 3 N–H and O–H groups in total. The second-order valence-electron chi connectivity index (χ2n) is 6.08. The van der Waals surface area contributed by atoms with Gasteiger partial charge in [-0.15, -0.1) is 0 Å². The first-order valence-corrected chi connectivity index (χ1v) is 8.67. The molecule has 7 heteroatoms. The van der Waals surface area contributed by atoms with E-state index in [9.17, 15) is 8.42 Å². The third-order valence-corrected chi connectivity index (χ3v) is 4.23. The molecule has 1 aromatic rings. The van der Waals surface area contributed by atoms with Crippen LogP contribution >= 0.6 is 0 Å². The Hall–Kier alpha value is -1.60. The zero-order valence-electron chi connectivity index (χ0n) is 13.9. The first kappa shape index (κ1) is 18.4. The van der Waals surface area contributed by atoms with Crippen molar-refractivity contribution in [2.75, 3.05) is 20.1 Å². The third kappa shape index (κ3) is 6.44. The van der Waals surface area contributed by atoms with Gasteiger partial charge in [-0.25, -0.2) is 13.1 Å². The summed E-state index contributed by atoms with van der Waals surface area (Å²) in [4.78, 5) is 4.37. The predicted octanol–water partition coefficient (Wildman–Crippen LogP) is 1.24. The molecule has 0 atom stereocenters. The number of sulfonamides is 1. The SMILES string of the molecule is CN=C(NCCNS(=O)(=O)c1ccc(C)cc1)NC(C)(C)C. The van der Waals surface area contributed by atoms with Gasteiger partial charge in [0, 0.05) is 25.7 Å². The Bertz CT molecular complexity index is 601. The van der Waals surface area contributed by atoms with Crippen LogP contribution in [0, 0.1) is 6.92 Å². The van der Waals surface area contributed by atoms with Crippen molar-refractivity contribution in [2.45, 2.75) is 38.1 Å². The summed E-state index contributed by atoms with van der Waals surface area (Å²) in [6.07, 6.45) is 0. The Labute approximate surface area is 133 Å². The van der Waals surface area contributed by atoms with Gasteiger partial charge in [0.05, 0.1) is 4.90 Å². The van der Waals surface area contributed by atoms with E-state index in [1.807, 2.05) is 27.7 Å². The van der Waals surface area contributed by atoms with E-state index < -0.39 is 10.0 Å². The van der Waals surface area contributed by atoms with Crippen molar-refractivity contribution in [3.8, 4) is 0 Å². The number of aryl methyl sites for hydroxylation is 1. The van der Waals surface area contributed by atoms with E-state index in [1.165, 1.54) is 0 Å². The van der Waals surface area contributed by atoms with Gasteiger partial charge in [-0.2, -0.15) is 0 Å². The monoisotopic (exact) mass is 326 g/mol. The summed E-state index contributed by atoms with van der Waals surface area (Å²) < 4.78 is 26.8. The molecule has 0 aliphatic rings. The second-order valence-corrected chi connectivity index (χ2v) is 7.85. The number of aliphatic imine (C=N–C) groups is 1. The molecule has 0 bridgehead atoms. The van der Waals surface area contributed by atoms with Crippen LogP contribution in [0.4, 0.5) is 0 Å². The Balaban J connectivity index is 2.48. The number of hydrogen-bond donors (Lipinski definition) is 3. The third-order valence-electron chi connectivity index (χ3n) is 2.76. The molecular formula is C15H26N4O2S. The molecule has 0 aliphatic heterocycles. The molecule has 124 valence electrons. The molecular weight excluding hydrogens is 300 g/mol. The van der Waals surface area contributed by atoms with E-state index in [0.29, 0.717) is 12.5 Å². The van der Waals surface area contributed by atoms with Gasteiger partial charge in [0.2, 0.25) is 10.0 Å². The largest absolute Gasteiger partial charge is 0.355 e. The molecule has 0 saturated carbocycles. The van der Waals surface area contributed by atoms with Crippen LogP contribution in [-0.4, -0.2) is 40.1 Å². The quantitative estimate of drug-likeness (QED) is 0.432. The minimum absolute atomic E-state index is 0.108. The van der Waals surface area contributed by atoms with Gasteiger partial charge in [0.15, 0.2) is 5.96 Å². The maximum atomic E-state index is 12.1. The fourth-order valence-corrected chi connectivity index (χ4v) is 2.73. The molecule has 0 heterocycles. The first-order valence-electron chi connectivity index (χ1n) is 7.19. The van der Waals surface area contributed by atoms with Crippen molar-refractivity contribution in [3.05, 3.63) is 29.8 Å². The van der Waals surface area contributed by atoms with E-state index in [2.05, 4.69) is 20.3 Å². The van der Waals surface area contributed by atoms with Crippen LogP contribution in [0.1, 0.15) is 26.3 Å². The number of nitrogens with one attached hydrogen (secondary N) is 3. The summed E-state index contributed by atoms with van der Waals surface area (Å²) in [6, 6.07) is 6.76. The lowest BCUT2D eigenvalue weighted by Crippen LogP contribution is -2.49. The highest BCUT2D eigenvalue weighted by Gasteiger charge is 2.14. The molecule has 1 aromatic carbocycles. The molecule has 0 aromatic heterocycles. The standard InChI is InChI=1S/C15H26N4O2S/c1-12-6-8-13(9-7-12)22(20,21)18-11-10-17-14(16-5)19-15(2,3)4/h6-9,18H,10-11H2,1-5H3,(H2,16,17,19). The maximum absolute atomic E-state index is 12.1. The molecule has 0 spiro atoms. The number of nitrogens with zero attached hydrogens (tertiary/aromatic N) is 1. The average molecular weight is 326 g/mol. The molecule has 0 amide bonds. The molecule has 0 radical (unpaired) electrons. The van der Waals surface area contributed by atoms with Crippen molar-refractivity contribution in [2.24, 2.45) is 4.99 Å².